The maximum absolute atomic E-state index is 12.3. The topological polar surface area (TPSA) is 131 Å². The van der Waals surface area contributed by atoms with Gasteiger partial charge in [0.1, 0.15) is 5.69 Å². The fourth-order valence-electron chi connectivity index (χ4n) is 2.26. The summed E-state index contributed by atoms with van der Waals surface area (Å²) in [5, 5.41) is 11.8. The SMILES string of the molecule is O=C(NNS(=O)(=O)c1ccccc1[N+](=O)[O-])c1ccc2ccccc2n1. The van der Waals surface area contributed by atoms with Gasteiger partial charge in [-0.2, -0.15) is 0 Å². The van der Waals surface area contributed by atoms with E-state index in [0.29, 0.717) is 5.52 Å². The number of hydrogen-bond acceptors (Lipinski definition) is 6. The van der Waals surface area contributed by atoms with Gasteiger partial charge in [0.25, 0.3) is 21.6 Å². The van der Waals surface area contributed by atoms with Crippen LogP contribution in [0.4, 0.5) is 5.69 Å². The number of carbonyl (C=O) groups excluding carboxylic acids is 1. The molecule has 2 aromatic carbocycles. The van der Waals surface area contributed by atoms with Gasteiger partial charge < -0.3 is 0 Å². The number of aromatic nitrogens is 1. The van der Waals surface area contributed by atoms with Crippen LogP contribution in [0.25, 0.3) is 10.9 Å². The molecule has 1 aromatic heterocycles. The van der Waals surface area contributed by atoms with Crippen molar-refractivity contribution in [3.8, 4) is 0 Å². The highest BCUT2D eigenvalue weighted by atomic mass is 32.2. The first-order valence-electron chi connectivity index (χ1n) is 7.30. The Balaban J connectivity index is 1.81. The summed E-state index contributed by atoms with van der Waals surface area (Å²) in [6.07, 6.45) is 0. The van der Waals surface area contributed by atoms with E-state index in [9.17, 15) is 23.3 Å². The predicted molar refractivity (Wildman–Crippen MR) is 92.6 cm³/mol. The largest absolute Gasteiger partial charge is 0.289 e. The van der Waals surface area contributed by atoms with E-state index in [2.05, 4.69) is 4.98 Å². The Kier molecular flexibility index (Phi) is 4.61. The summed E-state index contributed by atoms with van der Waals surface area (Å²) < 4.78 is 24.5. The van der Waals surface area contributed by atoms with Crippen molar-refractivity contribution in [3.05, 3.63) is 76.5 Å². The Morgan fingerprint density at radius 3 is 2.46 bits per heavy atom. The minimum Gasteiger partial charge on any atom is -0.272 e. The minimum absolute atomic E-state index is 0.00559. The van der Waals surface area contributed by atoms with Crippen molar-refractivity contribution in [2.45, 2.75) is 4.90 Å². The molecule has 0 aliphatic carbocycles. The molecule has 10 heteroatoms. The van der Waals surface area contributed by atoms with Crippen molar-refractivity contribution < 1.29 is 18.1 Å². The van der Waals surface area contributed by atoms with E-state index in [4.69, 9.17) is 0 Å². The van der Waals surface area contributed by atoms with Gasteiger partial charge in [-0.15, -0.1) is 4.83 Å². The third-order valence-corrected chi connectivity index (χ3v) is 4.78. The molecule has 0 fully saturated rings. The molecule has 0 saturated heterocycles. The van der Waals surface area contributed by atoms with Crippen LogP contribution in [0.15, 0.2) is 65.6 Å². The molecule has 0 aliphatic rings. The Labute approximate surface area is 147 Å². The first kappa shape index (κ1) is 17.5. The number of nitrogens with zero attached hydrogens (tertiary/aromatic N) is 2. The summed E-state index contributed by atoms with van der Waals surface area (Å²) >= 11 is 0. The molecule has 0 saturated carbocycles. The zero-order chi connectivity index (χ0) is 18.7. The highest BCUT2D eigenvalue weighted by Crippen LogP contribution is 2.22. The predicted octanol–water partition coefficient (Wildman–Crippen LogP) is 1.77. The van der Waals surface area contributed by atoms with Crippen LogP contribution in [-0.4, -0.2) is 24.2 Å². The van der Waals surface area contributed by atoms with Gasteiger partial charge in [-0.25, -0.2) is 13.4 Å². The number of nitro benzene ring substituents is 1. The molecular weight excluding hydrogens is 360 g/mol. The van der Waals surface area contributed by atoms with Gasteiger partial charge in [0.05, 0.1) is 10.4 Å². The van der Waals surface area contributed by atoms with Gasteiger partial charge in [-0.1, -0.05) is 36.4 Å². The number of hydrogen-bond donors (Lipinski definition) is 2. The molecule has 3 rings (SSSR count). The van der Waals surface area contributed by atoms with Crippen LogP contribution < -0.4 is 10.3 Å². The van der Waals surface area contributed by atoms with E-state index in [-0.39, 0.29) is 5.69 Å². The molecule has 9 nitrogen and oxygen atoms in total. The number of para-hydroxylation sites is 2. The van der Waals surface area contributed by atoms with Gasteiger partial charge in [-0.05, 0) is 18.2 Å². The number of fused-ring (bicyclic) bond motifs is 1. The van der Waals surface area contributed by atoms with Crippen molar-refractivity contribution in [2.75, 3.05) is 0 Å². The third-order valence-electron chi connectivity index (χ3n) is 3.48. The Hall–Kier alpha value is -3.37. The Morgan fingerprint density at radius 2 is 1.69 bits per heavy atom. The number of pyridine rings is 1. The van der Waals surface area contributed by atoms with E-state index in [0.717, 1.165) is 17.5 Å². The van der Waals surface area contributed by atoms with Crippen molar-refractivity contribution in [1.82, 2.24) is 15.2 Å². The zero-order valence-corrected chi connectivity index (χ0v) is 13.9. The minimum atomic E-state index is -4.33. The summed E-state index contributed by atoms with van der Waals surface area (Å²) in [6.45, 7) is 0. The molecule has 0 radical (unpaired) electrons. The molecule has 2 N–H and O–H groups in total. The smallest absolute Gasteiger partial charge is 0.272 e. The first-order chi connectivity index (χ1) is 12.4. The van der Waals surface area contributed by atoms with E-state index >= 15 is 0 Å². The Bertz CT molecular complexity index is 1110. The van der Waals surface area contributed by atoms with Crippen LogP contribution in [0.3, 0.4) is 0 Å². The van der Waals surface area contributed by atoms with Crippen LogP contribution in [0.5, 0.6) is 0 Å². The molecule has 1 amide bonds. The highest BCUT2D eigenvalue weighted by Gasteiger charge is 2.25. The summed E-state index contributed by atoms with van der Waals surface area (Å²) in [4.78, 5) is 27.7. The number of rotatable bonds is 5. The average molecular weight is 372 g/mol. The second-order valence-electron chi connectivity index (χ2n) is 5.17. The van der Waals surface area contributed by atoms with Crippen molar-refractivity contribution >= 4 is 32.5 Å². The number of nitro groups is 1. The highest BCUT2D eigenvalue weighted by molar-refractivity contribution is 7.89. The Morgan fingerprint density at radius 1 is 1.00 bits per heavy atom. The van der Waals surface area contributed by atoms with Gasteiger partial charge >= 0.3 is 0 Å². The maximum Gasteiger partial charge on any atom is 0.289 e. The monoisotopic (exact) mass is 372 g/mol. The van der Waals surface area contributed by atoms with Crippen LogP contribution in [0, 0.1) is 10.1 Å². The number of nitrogens with one attached hydrogen (secondary N) is 2. The van der Waals surface area contributed by atoms with Gasteiger partial charge in [0.15, 0.2) is 4.90 Å². The normalized spacial score (nSPS) is 11.2. The molecule has 132 valence electrons. The molecule has 0 spiro atoms. The van der Waals surface area contributed by atoms with Gasteiger partial charge in [-0.3, -0.25) is 20.3 Å². The lowest BCUT2D eigenvalue weighted by Gasteiger charge is -2.09. The van der Waals surface area contributed by atoms with Crippen molar-refractivity contribution in [3.63, 3.8) is 0 Å². The molecule has 3 aromatic rings. The van der Waals surface area contributed by atoms with Gasteiger partial charge in [0, 0.05) is 11.5 Å². The fraction of sp³-hybridized carbons (Fsp3) is 0. The van der Waals surface area contributed by atoms with E-state index in [1.165, 1.54) is 18.2 Å². The summed E-state index contributed by atoms with van der Waals surface area (Å²) in [5.74, 6) is -0.794. The van der Waals surface area contributed by atoms with Crippen LogP contribution in [0.2, 0.25) is 0 Å². The second-order valence-corrected chi connectivity index (χ2v) is 6.82. The summed E-state index contributed by atoms with van der Waals surface area (Å²) in [7, 11) is -4.33. The molecule has 0 bridgehead atoms. The number of benzene rings is 2. The molecular formula is C16H12N4O5S. The van der Waals surface area contributed by atoms with Crippen molar-refractivity contribution in [2.24, 2.45) is 0 Å². The molecule has 0 atom stereocenters. The lowest BCUT2D eigenvalue weighted by molar-refractivity contribution is -0.387. The maximum atomic E-state index is 12.3. The quantitative estimate of drug-likeness (QED) is 0.518. The zero-order valence-electron chi connectivity index (χ0n) is 13.1. The molecule has 26 heavy (non-hydrogen) atoms. The fourth-order valence-corrected chi connectivity index (χ4v) is 3.27. The van der Waals surface area contributed by atoms with E-state index in [1.807, 2.05) is 22.4 Å². The lowest BCUT2D eigenvalue weighted by Crippen LogP contribution is -2.42. The summed E-state index contributed by atoms with van der Waals surface area (Å²) in [6, 6.07) is 15.0. The molecule has 0 unspecified atom stereocenters. The van der Waals surface area contributed by atoms with Crippen molar-refractivity contribution in [1.29, 1.82) is 0 Å². The van der Waals surface area contributed by atoms with Crippen LogP contribution in [0.1, 0.15) is 10.5 Å². The second kappa shape index (κ2) is 6.86. The summed E-state index contributed by atoms with van der Waals surface area (Å²) in [5.41, 5.74) is 1.97. The van der Waals surface area contributed by atoms with E-state index in [1.54, 1.807) is 18.2 Å². The molecule has 0 aliphatic heterocycles. The molecule has 1 heterocycles. The van der Waals surface area contributed by atoms with Crippen LogP contribution in [-0.2, 0) is 10.0 Å². The average Bonchev–Trinajstić information content (AvgIpc) is 2.65. The standard InChI is InChI=1S/C16H12N4O5S/c21-16(13-10-9-11-5-1-2-6-12(11)17-13)18-19-26(24,25)15-8-4-3-7-14(15)20(22)23/h1-10,19H,(H,18,21). The number of carbonyl (C=O) groups is 1. The van der Waals surface area contributed by atoms with E-state index < -0.39 is 31.4 Å². The lowest BCUT2D eigenvalue weighted by atomic mass is 10.2. The van der Waals surface area contributed by atoms with Crippen LogP contribution >= 0.6 is 0 Å². The first-order valence-corrected chi connectivity index (χ1v) is 8.78. The number of sulfonamides is 1. The third kappa shape index (κ3) is 3.50. The number of amides is 1. The van der Waals surface area contributed by atoms with Gasteiger partial charge in [0.2, 0.25) is 0 Å². The number of hydrazine groups is 1.